The van der Waals surface area contributed by atoms with Crippen LogP contribution in [0.4, 0.5) is 0 Å². The fourth-order valence-corrected chi connectivity index (χ4v) is 5.49. The van der Waals surface area contributed by atoms with Gasteiger partial charge in [0.25, 0.3) is 0 Å². The van der Waals surface area contributed by atoms with Crippen molar-refractivity contribution in [3.63, 3.8) is 0 Å². The van der Waals surface area contributed by atoms with Crippen molar-refractivity contribution in [3.05, 3.63) is 30.3 Å². The van der Waals surface area contributed by atoms with Gasteiger partial charge in [0.1, 0.15) is 0 Å². The number of carbonyl (C=O) groups excluding carboxylic acids is 1. The Morgan fingerprint density at radius 2 is 2.08 bits per heavy atom. The fourth-order valence-electron chi connectivity index (χ4n) is 3.91. The van der Waals surface area contributed by atoms with Crippen molar-refractivity contribution in [2.24, 2.45) is 0 Å². The summed E-state index contributed by atoms with van der Waals surface area (Å²) in [5, 5.41) is 0. The number of piperidine rings is 1. The SMILES string of the molecule is CCOC(=O)CC[C@H]1CC[C@]2(CCCN(S(=O)(=O)c3ccccc3)C2)O1. The molecule has 26 heavy (non-hydrogen) atoms. The minimum Gasteiger partial charge on any atom is -0.466 e. The van der Waals surface area contributed by atoms with Crippen LogP contribution in [0, 0.1) is 0 Å². The van der Waals surface area contributed by atoms with Gasteiger partial charge in [-0.25, -0.2) is 8.42 Å². The summed E-state index contributed by atoms with van der Waals surface area (Å²) in [5.41, 5.74) is -0.417. The Bertz CT molecular complexity index is 721. The molecule has 2 aliphatic heterocycles. The van der Waals surface area contributed by atoms with Crippen LogP contribution in [0.1, 0.15) is 45.4 Å². The molecule has 0 N–H and O–H groups in total. The average Bonchev–Trinajstić information content (AvgIpc) is 3.03. The summed E-state index contributed by atoms with van der Waals surface area (Å²) in [6, 6.07) is 8.56. The first kappa shape index (κ1) is 19.3. The summed E-state index contributed by atoms with van der Waals surface area (Å²) >= 11 is 0. The lowest BCUT2D eigenvalue weighted by Crippen LogP contribution is -2.50. The molecule has 0 aliphatic carbocycles. The standard InChI is InChI=1S/C19H27NO5S/c1-2-24-18(21)10-9-16-11-13-19(25-16)12-6-14-20(15-19)26(22,23)17-7-4-3-5-8-17/h3-5,7-8,16H,2,6,9-15H2,1H3/t16-,19-/m0/s1. The quantitative estimate of drug-likeness (QED) is 0.709. The number of sulfonamides is 1. The molecule has 2 heterocycles. The van der Waals surface area contributed by atoms with Gasteiger partial charge in [-0.1, -0.05) is 18.2 Å². The van der Waals surface area contributed by atoms with Gasteiger partial charge in [0.05, 0.1) is 23.2 Å². The van der Waals surface area contributed by atoms with Crippen molar-refractivity contribution >= 4 is 16.0 Å². The molecule has 0 radical (unpaired) electrons. The molecule has 1 aromatic rings. The van der Waals surface area contributed by atoms with E-state index in [0.717, 1.165) is 25.7 Å². The van der Waals surface area contributed by atoms with Gasteiger partial charge in [-0.3, -0.25) is 4.79 Å². The zero-order valence-corrected chi connectivity index (χ0v) is 16.0. The van der Waals surface area contributed by atoms with Gasteiger partial charge >= 0.3 is 5.97 Å². The van der Waals surface area contributed by atoms with Gasteiger partial charge < -0.3 is 9.47 Å². The number of benzene rings is 1. The van der Waals surface area contributed by atoms with Gasteiger partial charge in [0.15, 0.2) is 0 Å². The summed E-state index contributed by atoms with van der Waals surface area (Å²) in [5.74, 6) is -0.200. The van der Waals surface area contributed by atoms with E-state index in [4.69, 9.17) is 9.47 Å². The van der Waals surface area contributed by atoms with Crippen LogP contribution in [0.25, 0.3) is 0 Å². The van der Waals surface area contributed by atoms with Gasteiger partial charge in [0, 0.05) is 19.5 Å². The van der Waals surface area contributed by atoms with E-state index in [0.29, 0.717) is 37.4 Å². The number of hydrogen-bond acceptors (Lipinski definition) is 5. The van der Waals surface area contributed by atoms with E-state index >= 15 is 0 Å². The Balaban J connectivity index is 1.63. The number of carbonyl (C=O) groups is 1. The average molecular weight is 381 g/mol. The number of ether oxygens (including phenoxy) is 2. The summed E-state index contributed by atoms with van der Waals surface area (Å²) in [4.78, 5) is 11.9. The van der Waals surface area contributed by atoms with Crippen LogP contribution in [0.2, 0.25) is 0 Å². The first-order chi connectivity index (χ1) is 12.5. The van der Waals surface area contributed by atoms with Crippen LogP contribution in [0.3, 0.4) is 0 Å². The summed E-state index contributed by atoms with van der Waals surface area (Å²) in [6.07, 6.45) is 4.33. The highest BCUT2D eigenvalue weighted by Gasteiger charge is 2.45. The zero-order chi connectivity index (χ0) is 18.6. The molecule has 144 valence electrons. The summed E-state index contributed by atoms with van der Waals surface area (Å²) in [6.45, 7) is 3.10. The predicted molar refractivity (Wildman–Crippen MR) is 97.1 cm³/mol. The maximum atomic E-state index is 12.9. The second-order valence-corrected chi connectivity index (χ2v) is 9.00. The van der Waals surface area contributed by atoms with Crippen LogP contribution >= 0.6 is 0 Å². The lowest BCUT2D eigenvalue weighted by Gasteiger charge is -2.39. The molecule has 2 fully saturated rings. The molecule has 2 atom stereocenters. The lowest BCUT2D eigenvalue weighted by atomic mass is 9.91. The van der Waals surface area contributed by atoms with E-state index in [1.807, 2.05) is 6.07 Å². The Kier molecular flexibility index (Phi) is 5.99. The third-order valence-corrected chi connectivity index (χ3v) is 7.06. The van der Waals surface area contributed by atoms with Crippen molar-refractivity contribution < 1.29 is 22.7 Å². The molecule has 0 unspecified atom stereocenters. The summed E-state index contributed by atoms with van der Waals surface area (Å²) in [7, 11) is -3.50. The smallest absolute Gasteiger partial charge is 0.305 e. The number of nitrogens with zero attached hydrogens (tertiary/aromatic N) is 1. The highest BCUT2D eigenvalue weighted by Crippen LogP contribution is 2.40. The van der Waals surface area contributed by atoms with E-state index < -0.39 is 15.6 Å². The second kappa shape index (κ2) is 8.06. The van der Waals surface area contributed by atoms with Crippen LogP contribution in [-0.2, 0) is 24.3 Å². The highest BCUT2D eigenvalue weighted by atomic mass is 32.2. The van der Waals surface area contributed by atoms with Crippen LogP contribution in [0.5, 0.6) is 0 Å². The summed E-state index contributed by atoms with van der Waals surface area (Å²) < 4.78 is 38.6. The Morgan fingerprint density at radius 1 is 1.31 bits per heavy atom. The van der Waals surface area contributed by atoms with Crippen LogP contribution < -0.4 is 0 Å². The van der Waals surface area contributed by atoms with Crippen molar-refractivity contribution in [2.45, 2.75) is 62.0 Å². The molecule has 0 saturated carbocycles. The van der Waals surface area contributed by atoms with Crippen molar-refractivity contribution in [3.8, 4) is 0 Å². The van der Waals surface area contributed by atoms with E-state index in [-0.39, 0.29) is 12.1 Å². The molecule has 6 nitrogen and oxygen atoms in total. The molecule has 1 spiro atoms. The van der Waals surface area contributed by atoms with E-state index in [1.165, 1.54) is 0 Å². The van der Waals surface area contributed by atoms with E-state index in [1.54, 1.807) is 35.5 Å². The molecule has 2 aliphatic rings. The maximum absolute atomic E-state index is 12.9. The monoisotopic (exact) mass is 381 g/mol. The molecular weight excluding hydrogens is 354 g/mol. The topological polar surface area (TPSA) is 72.9 Å². The molecule has 0 amide bonds. The fraction of sp³-hybridized carbons (Fsp3) is 0.632. The molecule has 2 saturated heterocycles. The maximum Gasteiger partial charge on any atom is 0.305 e. The largest absolute Gasteiger partial charge is 0.466 e. The molecular formula is C19H27NO5S. The van der Waals surface area contributed by atoms with Gasteiger partial charge in [0.2, 0.25) is 10.0 Å². The predicted octanol–water partition coefficient (Wildman–Crippen LogP) is 2.73. The normalized spacial score (nSPS) is 26.9. The minimum absolute atomic E-state index is 0.00112. The van der Waals surface area contributed by atoms with E-state index in [2.05, 4.69) is 0 Å². The minimum atomic E-state index is -3.50. The lowest BCUT2D eigenvalue weighted by molar-refractivity contribution is -0.144. The Morgan fingerprint density at radius 3 is 2.81 bits per heavy atom. The van der Waals surface area contributed by atoms with Crippen molar-refractivity contribution in [2.75, 3.05) is 19.7 Å². The van der Waals surface area contributed by atoms with E-state index in [9.17, 15) is 13.2 Å². The van der Waals surface area contributed by atoms with Crippen LogP contribution in [0.15, 0.2) is 35.2 Å². The van der Waals surface area contributed by atoms with Gasteiger partial charge in [-0.2, -0.15) is 4.31 Å². The number of hydrogen-bond donors (Lipinski definition) is 0. The molecule has 1 aromatic carbocycles. The first-order valence-electron chi connectivity index (χ1n) is 9.34. The molecule has 3 rings (SSSR count). The van der Waals surface area contributed by atoms with Gasteiger partial charge in [-0.15, -0.1) is 0 Å². The van der Waals surface area contributed by atoms with Crippen molar-refractivity contribution in [1.29, 1.82) is 0 Å². The third kappa shape index (κ3) is 4.27. The molecule has 7 heteroatoms. The molecule has 0 bridgehead atoms. The Labute approximate surface area is 155 Å². The number of esters is 1. The van der Waals surface area contributed by atoms with Crippen molar-refractivity contribution in [1.82, 2.24) is 4.31 Å². The second-order valence-electron chi connectivity index (χ2n) is 7.06. The zero-order valence-electron chi connectivity index (χ0n) is 15.2. The molecule has 0 aromatic heterocycles. The Hall–Kier alpha value is -1.44. The highest BCUT2D eigenvalue weighted by molar-refractivity contribution is 7.89. The number of rotatable bonds is 6. The van der Waals surface area contributed by atoms with Gasteiger partial charge in [-0.05, 0) is 51.2 Å². The van der Waals surface area contributed by atoms with Crippen LogP contribution in [-0.4, -0.2) is 50.1 Å². The third-order valence-electron chi connectivity index (χ3n) is 5.20. The first-order valence-corrected chi connectivity index (χ1v) is 10.8.